The average Bonchev–Trinajstić information content (AvgIpc) is 2.61. The van der Waals surface area contributed by atoms with Crippen molar-refractivity contribution in [3.05, 3.63) is 52.6 Å². The van der Waals surface area contributed by atoms with Gasteiger partial charge in [0.25, 0.3) is 5.69 Å². The van der Waals surface area contributed by atoms with E-state index in [1.807, 2.05) is 25.9 Å². The van der Waals surface area contributed by atoms with Crippen molar-refractivity contribution in [1.29, 1.82) is 0 Å². The van der Waals surface area contributed by atoms with Gasteiger partial charge in [0.15, 0.2) is 0 Å². The molecular weight excluding hydrogens is 400 g/mol. The van der Waals surface area contributed by atoms with Crippen LogP contribution >= 0.6 is 11.8 Å². The third kappa shape index (κ3) is 6.11. The first-order chi connectivity index (χ1) is 13.1. The summed E-state index contributed by atoms with van der Waals surface area (Å²) in [6.07, 6.45) is 0.772. The molecule has 1 atom stereocenters. The standard InChI is InChI=1S/C18H24N4O4S2/c1-13(10-11-27-15-6-4-14(5-7-15)21(2)3)20-17-9-8-16(28(19,25)26)12-18(17)22(23)24/h4-9,12-13,20H,10-11H2,1-3H3,(H2,19,25,26)/t13-/m1/s1. The van der Waals surface area contributed by atoms with E-state index in [1.54, 1.807) is 11.8 Å². The first-order valence-corrected chi connectivity index (χ1v) is 11.1. The Morgan fingerprint density at radius 2 is 1.86 bits per heavy atom. The van der Waals surface area contributed by atoms with Crippen LogP contribution in [-0.4, -0.2) is 39.2 Å². The van der Waals surface area contributed by atoms with Gasteiger partial charge in [0.2, 0.25) is 10.0 Å². The Morgan fingerprint density at radius 1 is 1.21 bits per heavy atom. The first-order valence-electron chi connectivity index (χ1n) is 8.56. The lowest BCUT2D eigenvalue weighted by atomic mass is 10.2. The maximum Gasteiger partial charge on any atom is 0.293 e. The maximum absolute atomic E-state index is 11.4. The van der Waals surface area contributed by atoms with Crippen LogP contribution in [0, 0.1) is 10.1 Å². The molecule has 0 aliphatic heterocycles. The highest BCUT2D eigenvalue weighted by Gasteiger charge is 2.20. The topological polar surface area (TPSA) is 119 Å². The number of thioether (sulfide) groups is 1. The molecule has 2 rings (SSSR count). The summed E-state index contributed by atoms with van der Waals surface area (Å²) < 4.78 is 22.8. The quantitative estimate of drug-likeness (QED) is 0.360. The number of nitro groups is 1. The van der Waals surface area contributed by atoms with Crippen LogP contribution in [0.3, 0.4) is 0 Å². The molecule has 28 heavy (non-hydrogen) atoms. The lowest BCUT2D eigenvalue weighted by Crippen LogP contribution is -2.18. The van der Waals surface area contributed by atoms with E-state index in [0.29, 0.717) is 0 Å². The highest BCUT2D eigenvalue weighted by Crippen LogP contribution is 2.29. The van der Waals surface area contributed by atoms with Gasteiger partial charge < -0.3 is 10.2 Å². The Balaban J connectivity index is 1.97. The van der Waals surface area contributed by atoms with Crippen LogP contribution in [0.25, 0.3) is 0 Å². The predicted molar refractivity (Wildman–Crippen MR) is 114 cm³/mol. The molecule has 0 aliphatic rings. The van der Waals surface area contributed by atoms with Crippen LogP contribution in [0.1, 0.15) is 13.3 Å². The molecule has 0 unspecified atom stereocenters. The van der Waals surface area contributed by atoms with Crippen molar-refractivity contribution in [3.8, 4) is 0 Å². The normalized spacial score (nSPS) is 12.4. The minimum atomic E-state index is -4.00. The second-order valence-electron chi connectivity index (χ2n) is 6.55. The molecule has 3 N–H and O–H groups in total. The second kappa shape index (κ2) is 9.26. The van der Waals surface area contributed by atoms with Gasteiger partial charge in [0.1, 0.15) is 5.69 Å². The van der Waals surface area contributed by atoms with Gasteiger partial charge in [0, 0.05) is 36.8 Å². The van der Waals surface area contributed by atoms with Gasteiger partial charge in [-0.15, -0.1) is 11.8 Å². The van der Waals surface area contributed by atoms with Gasteiger partial charge >= 0.3 is 0 Å². The maximum atomic E-state index is 11.4. The smallest absolute Gasteiger partial charge is 0.293 e. The Kier molecular flexibility index (Phi) is 7.28. The average molecular weight is 425 g/mol. The van der Waals surface area contributed by atoms with E-state index in [-0.39, 0.29) is 22.3 Å². The summed E-state index contributed by atoms with van der Waals surface area (Å²) >= 11 is 1.71. The number of hydrogen-bond acceptors (Lipinski definition) is 7. The summed E-state index contributed by atoms with van der Waals surface area (Å²) in [6.45, 7) is 1.92. The van der Waals surface area contributed by atoms with E-state index in [2.05, 4.69) is 29.6 Å². The zero-order valence-electron chi connectivity index (χ0n) is 16.0. The highest BCUT2D eigenvalue weighted by molar-refractivity contribution is 7.99. The zero-order chi connectivity index (χ0) is 20.9. The predicted octanol–water partition coefficient (Wildman–Crippen LogP) is 3.29. The molecule has 0 aromatic heterocycles. The Labute approximate surface area is 169 Å². The number of hydrogen-bond donors (Lipinski definition) is 2. The summed E-state index contributed by atoms with van der Waals surface area (Å²) in [5, 5.41) is 19.4. The van der Waals surface area contributed by atoms with Crippen molar-refractivity contribution in [3.63, 3.8) is 0 Å². The van der Waals surface area contributed by atoms with Gasteiger partial charge in [-0.3, -0.25) is 10.1 Å². The van der Waals surface area contributed by atoms with Gasteiger partial charge in [-0.1, -0.05) is 0 Å². The Hall–Kier alpha value is -2.30. The van der Waals surface area contributed by atoms with Gasteiger partial charge in [0.05, 0.1) is 9.82 Å². The molecule has 0 saturated heterocycles. The molecule has 2 aromatic rings. The fourth-order valence-electron chi connectivity index (χ4n) is 2.49. The molecule has 2 aromatic carbocycles. The van der Waals surface area contributed by atoms with Gasteiger partial charge in [-0.25, -0.2) is 13.6 Å². The van der Waals surface area contributed by atoms with Crippen LogP contribution in [0.15, 0.2) is 52.3 Å². The van der Waals surface area contributed by atoms with Gasteiger partial charge in [-0.2, -0.15) is 0 Å². The van der Waals surface area contributed by atoms with Crippen molar-refractivity contribution < 1.29 is 13.3 Å². The largest absolute Gasteiger partial charge is 0.378 e. The number of rotatable bonds is 9. The van der Waals surface area contributed by atoms with Crippen LogP contribution in [-0.2, 0) is 10.0 Å². The Morgan fingerprint density at radius 3 is 2.39 bits per heavy atom. The monoisotopic (exact) mass is 424 g/mol. The van der Waals surface area contributed by atoms with Crippen LogP contribution in [0.4, 0.5) is 17.1 Å². The summed E-state index contributed by atoms with van der Waals surface area (Å²) in [5.74, 6) is 0.832. The minimum Gasteiger partial charge on any atom is -0.378 e. The van der Waals surface area contributed by atoms with Crippen molar-refractivity contribution in [2.75, 3.05) is 30.1 Å². The molecule has 0 bridgehead atoms. The van der Waals surface area contributed by atoms with Crippen LogP contribution < -0.4 is 15.4 Å². The first kappa shape index (κ1) is 22.0. The van der Waals surface area contributed by atoms with E-state index in [0.717, 1.165) is 28.8 Å². The van der Waals surface area contributed by atoms with Crippen molar-refractivity contribution in [2.45, 2.75) is 29.2 Å². The number of primary sulfonamides is 1. The molecule has 0 heterocycles. The fraction of sp³-hybridized carbons (Fsp3) is 0.333. The number of benzene rings is 2. The SMILES string of the molecule is C[C@H](CCSc1ccc(N(C)C)cc1)Nc1ccc(S(N)(=O)=O)cc1[N+](=O)[O-]. The third-order valence-corrected chi connectivity index (χ3v) is 6.03. The molecule has 0 spiro atoms. The number of nitro benzene ring substituents is 1. The molecule has 0 fully saturated rings. The molecule has 0 saturated carbocycles. The number of sulfonamides is 1. The summed E-state index contributed by atoms with van der Waals surface area (Å²) in [7, 11) is -0.0155. The van der Waals surface area contributed by atoms with E-state index in [1.165, 1.54) is 12.1 Å². The van der Waals surface area contributed by atoms with Crippen LogP contribution in [0.5, 0.6) is 0 Å². The van der Waals surface area contributed by atoms with E-state index in [4.69, 9.17) is 5.14 Å². The third-order valence-electron chi connectivity index (χ3n) is 4.07. The molecule has 0 aliphatic carbocycles. The molecule has 152 valence electrons. The van der Waals surface area contributed by atoms with Crippen molar-refractivity contribution >= 4 is 38.8 Å². The summed E-state index contributed by atoms with van der Waals surface area (Å²) in [5.41, 5.74) is 1.09. The zero-order valence-corrected chi connectivity index (χ0v) is 17.6. The number of nitrogens with zero attached hydrogens (tertiary/aromatic N) is 2. The molecule has 0 amide bonds. The van der Waals surface area contributed by atoms with Crippen molar-refractivity contribution in [1.82, 2.24) is 0 Å². The second-order valence-corrected chi connectivity index (χ2v) is 9.28. The summed E-state index contributed by atoms with van der Waals surface area (Å²) in [4.78, 5) is 13.6. The molecule has 8 nitrogen and oxygen atoms in total. The summed E-state index contributed by atoms with van der Waals surface area (Å²) in [6, 6.07) is 11.8. The van der Waals surface area contributed by atoms with Gasteiger partial charge in [-0.05, 0) is 55.5 Å². The molecule has 0 radical (unpaired) electrons. The van der Waals surface area contributed by atoms with Crippen LogP contribution in [0.2, 0.25) is 0 Å². The number of nitrogens with two attached hydrogens (primary N) is 1. The molecular formula is C18H24N4O4S2. The molecule has 10 heteroatoms. The minimum absolute atomic E-state index is 0.0346. The lowest BCUT2D eigenvalue weighted by molar-refractivity contribution is -0.384. The number of anilines is 2. The van der Waals surface area contributed by atoms with E-state index < -0.39 is 14.9 Å². The fourth-order valence-corrected chi connectivity index (χ4v) is 4.06. The van der Waals surface area contributed by atoms with Crippen molar-refractivity contribution in [2.24, 2.45) is 5.14 Å². The highest BCUT2D eigenvalue weighted by atomic mass is 32.2. The van der Waals surface area contributed by atoms with E-state index >= 15 is 0 Å². The Bertz CT molecular complexity index is 931. The number of nitrogens with one attached hydrogen (secondary N) is 1. The van der Waals surface area contributed by atoms with E-state index in [9.17, 15) is 18.5 Å². The lowest BCUT2D eigenvalue weighted by Gasteiger charge is -2.16.